The van der Waals surface area contributed by atoms with Crippen LogP contribution in [0.4, 0.5) is 5.69 Å². The van der Waals surface area contributed by atoms with Crippen molar-refractivity contribution in [2.75, 3.05) is 6.54 Å². The fraction of sp³-hybridized carbons (Fsp3) is 0.588. The van der Waals surface area contributed by atoms with E-state index in [1.807, 2.05) is 0 Å². The van der Waals surface area contributed by atoms with Crippen LogP contribution in [0.2, 0.25) is 0 Å². The van der Waals surface area contributed by atoms with Gasteiger partial charge in [0.05, 0.1) is 4.92 Å². The molecule has 124 valence electrons. The lowest BCUT2D eigenvalue weighted by molar-refractivity contribution is -0.385. The molecule has 2 bridgehead atoms. The van der Waals surface area contributed by atoms with Crippen molar-refractivity contribution >= 4 is 11.6 Å². The highest BCUT2D eigenvalue weighted by Crippen LogP contribution is 2.32. The number of fused-ring (bicyclic) bond motifs is 2. The molecular formula is C17H23N3O3. The normalized spacial score (nSPS) is 26.0. The molecule has 23 heavy (non-hydrogen) atoms. The number of benzene rings is 1. The van der Waals surface area contributed by atoms with E-state index in [9.17, 15) is 14.9 Å². The molecular weight excluding hydrogens is 294 g/mol. The van der Waals surface area contributed by atoms with Gasteiger partial charge in [0.25, 0.3) is 5.69 Å². The highest BCUT2D eigenvalue weighted by molar-refractivity contribution is 5.76. The molecule has 2 saturated heterocycles. The summed E-state index contributed by atoms with van der Waals surface area (Å²) in [6.07, 6.45) is 5.72. The maximum absolute atomic E-state index is 12.1. The first kappa shape index (κ1) is 15.9. The van der Waals surface area contributed by atoms with Gasteiger partial charge in [-0.05, 0) is 38.0 Å². The van der Waals surface area contributed by atoms with E-state index in [-0.39, 0.29) is 16.5 Å². The van der Waals surface area contributed by atoms with Crippen LogP contribution in [0.25, 0.3) is 0 Å². The van der Waals surface area contributed by atoms with Gasteiger partial charge in [0.1, 0.15) is 0 Å². The number of nitrogens with zero attached hydrogens (tertiary/aromatic N) is 1. The molecule has 0 saturated carbocycles. The van der Waals surface area contributed by atoms with Gasteiger partial charge in [-0.3, -0.25) is 14.9 Å². The molecule has 2 heterocycles. The second-order valence-corrected chi connectivity index (χ2v) is 6.67. The zero-order valence-corrected chi connectivity index (χ0v) is 13.2. The van der Waals surface area contributed by atoms with E-state index in [2.05, 4.69) is 10.6 Å². The number of rotatable bonds is 6. The first-order chi connectivity index (χ1) is 11.1. The summed E-state index contributed by atoms with van der Waals surface area (Å²) < 4.78 is 0. The van der Waals surface area contributed by atoms with Gasteiger partial charge in [0, 0.05) is 36.7 Å². The van der Waals surface area contributed by atoms with Crippen molar-refractivity contribution in [1.82, 2.24) is 10.6 Å². The van der Waals surface area contributed by atoms with Crippen LogP contribution in [0.15, 0.2) is 24.3 Å². The predicted molar refractivity (Wildman–Crippen MR) is 87.1 cm³/mol. The Morgan fingerprint density at radius 3 is 2.65 bits per heavy atom. The monoisotopic (exact) mass is 317 g/mol. The molecule has 2 aliphatic rings. The number of carbonyl (C=O) groups is 1. The molecule has 2 aliphatic heterocycles. The number of para-hydroxylation sites is 1. The van der Waals surface area contributed by atoms with Gasteiger partial charge >= 0.3 is 0 Å². The molecule has 2 unspecified atom stereocenters. The van der Waals surface area contributed by atoms with Crippen LogP contribution in [-0.2, 0) is 11.2 Å². The van der Waals surface area contributed by atoms with Gasteiger partial charge in [0.15, 0.2) is 0 Å². The first-order valence-electron chi connectivity index (χ1n) is 8.37. The van der Waals surface area contributed by atoms with Crippen LogP contribution < -0.4 is 10.6 Å². The number of amides is 1. The van der Waals surface area contributed by atoms with Crippen molar-refractivity contribution in [3.63, 3.8) is 0 Å². The van der Waals surface area contributed by atoms with E-state index in [4.69, 9.17) is 0 Å². The van der Waals surface area contributed by atoms with Crippen LogP contribution in [0, 0.1) is 16.0 Å². The van der Waals surface area contributed by atoms with Gasteiger partial charge in [-0.1, -0.05) is 18.2 Å². The summed E-state index contributed by atoms with van der Waals surface area (Å²) >= 11 is 0. The molecule has 0 aromatic heterocycles. The molecule has 1 aromatic carbocycles. The third kappa shape index (κ3) is 4.07. The van der Waals surface area contributed by atoms with Crippen molar-refractivity contribution < 1.29 is 9.72 Å². The summed E-state index contributed by atoms with van der Waals surface area (Å²) in [5.41, 5.74) is 0.786. The minimum absolute atomic E-state index is 0.0647. The Morgan fingerprint density at radius 2 is 1.96 bits per heavy atom. The van der Waals surface area contributed by atoms with Crippen molar-refractivity contribution in [1.29, 1.82) is 0 Å². The average Bonchev–Trinajstić information content (AvgIpc) is 2.86. The number of hydrogen-bond acceptors (Lipinski definition) is 4. The quantitative estimate of drug-likeness (QED) is 0.622. The Hall–Kier alpha value is -1.95. The van der Waals surface area contributed by atoms with E-state index in [0.717, 1.165) is 12.8 Å². The van der Waals surface area contributed by atoms with E-state index in [0.29, 0.717) is 43.0 Å². The highest BCUT2D eigenvalue weighted by Gasteiger charge is 2.34. The number of carbonyl (C=O) groups excluding carboxylic acids is 1. The van der Waals surface area contributed by atoms with E-state index in [1.165, 1.54) is 18.9 Å². The Bertz CT molecular complexity index is 578. The van der Waals surface area contributed by atoms with Crippen LogP contribution in [0.5, 0.6) is 0 Å². The Morgan fingerprint density at radius 1 is 1.26 bits per heavy atom. The van der Waals surface area contributed by atoms with Gasteiger partial charge in [0.2, 0.25) is 5.91 Å². The van der Waals surface area contributed by atoms with Crippen molar-refractivity contribution in [3.05, 3.63) is 39.9 Å². The summed E-state index contributed by atoms with van der Waals surface area (Å²) in [5, 5.41) is 17.5. The van der Waals surface area contributed by atoms with E-state index in [1.54, 1.807) is 18.2 Å². The van der Waals surface area contributed by atoms with Crippen molar-refractivity contribution in [2.45, 2.75) is 50.6 Å². The summed E-state index contributed by atoms with van der Waals surface area (Å²) in [6, 6.07) is 7.88. The van der Waals surface area contributed by atoms with Gasteiger partial charge in [-0.15, -0.1) is 0 Å². The fourth-order valence-corrected chi connectivity index (χ4v) is 3.91. The minimum atomic E-state index is -0.373. The van der Waals surface area contributed by atoms with Gasteiger partial charge < -0.3 is 10.6 Å². The summed E-state index contributed by atoms with van der Waals surface area (Å²) in [4.78, 5) is 22.7. The summed E-state index contributed by atoms with van der Waals surface area (Å²) in [6.45, 7) is 0.446. The van der Waals surface area contributed by atoms with E-state index >= 15 is 0 Å². The lowest BCUT2D eigenvalue weighted by Crippen LogP contribution is -2.39. The number of piperidine rings is 1. The van der Waals surface area contributed by atoms with Crippen LogP contribution in [0.3, 0.4) is 0 Å². The third-order valence-corrected chi connectivity index (χ3v) is 4.95. The molecule has 6 nitrogen and oxygen atoms in total. The number of nitro groups is 1. The molecule has 1 amide bonds. The predicted octanol–water partition coefficient (Wildman–Crippen LogP) is 2.17. The minimum Gasteiger partial charge on any atom is -0.356 e. The topological polar surface area (TPSA) is 84.3 Å². The zero-order valence-electron chi connectivity index (χ0n) is 13.2. The highest BCUT2D eigenvalue weighted by atomic mass is 16.6. The number of nitro benzene ring substituents is 1. The Balaban J connectivity index is 1.44. The smallest absolute Gasteiger partial charge is 0.272 e. The molecule has 2 fully saturated rings. The van der Waals surface area contributed by atoms with Gasteiger partial charge in [-0.2, -0.15) is 0 Å². The maximum atomic E-state index is 12.1. The number of nitrogens with one attached hydrogen (secondary N) is 2. The summed E-state index contributed by atoms with van der Waals surface area (Å²) in [7, 11) is 0. The maximum Gasteiger partial charge on any atom is 0.272 e. The van der Waals surface area contributed by atoms with Crippen molar-refractivity contribution in [2.24, 2.45) is 5.92 Å². The van der Waals surface area contributed by atoms with Crippen LogP contribution in [-0.4, -0.2) is 29.5 Å². The second kappa shape index (κ2) is 7.08. The largest absolute Gasteiger partial charge is 0.356 e. The molecule has 2 atom stereocenters. The molecule has 2 N–H and O–H groups in total. The lowest BCUT2D eigenvalue weighted by atomic mass is 9.89. The van der Waals surface area contributed by atoms with Crippen molar-refractivity contribution in [3.8, 4) is 0 Å². The van der Waals surface area contributed by atoms with Gasteiger partial charge in [-0.25, -0.2) is 0 Å². The average molecular weight is 317 g/mol. The third-order valence-electron chi connectivity index (χ3n) is 4.95. The Labute approximate surface area is 135 Å². The van der Waals surface area contributed by atoms with Crippen LogP contribution >= 0.6 is 0 Å². The molecule has 0 spiro atoms. The standard InChI is InChI=1S/C17H23N3O3/c21-17(11-12-9-14-5-6-15(10-12)19-14)18-8-7-13-3-1-2-4-16(13)20(22)23/h1-4,12,14-15,19H,5-11H2,(H,18,21). The lowest BCUT2D eigenvalue weighted by Gasteiger charge is -2.28. The van der Waals surface area contributed by atoms with Crippen LogP contribution in [0.1, 0.15) is 37.7 Å². The van der Waals surface area contributed by atoms with E-state index < -0.39 is 0 Å². The summed E-state index contributed by atoms with van der Waals surface area (Å²) in [5.74, 6) is 0.537. The molecule has 1 aromatic rings. The SMILES string of the molecule is O=C(CC1CC2CCC(C1)N2)NCCc1ccccc1[N+](=O)[O-]. The molecule has 3 rings (SSSR count). The fourth-order valence-electron chi connectivity index (χ4n) is 3.91. The number of hydrogen-bond donors (Lipinski definition) is 2. The Kier molecular flexibility index (Phi) is 4.91. The second-order valence-electron chi connectivity index (χ2n) is 6.67. The zero-order chi connectivity index (χ0) is 16.2. The molecule has 0 aliphatic carbocycles. The molecule has 6 heteroatoms. The molecule has 0 radical (unpaired) electrons. The first-order valence-corrected chi connectivity index (χ1v) is 8.37.